The van der Waals surface area contributed by atoms with Gasteiger partial charge in [-0.25, -0.2) is 4.79 Å². The lowest BCUT2D eigenvalue weighted by molar-refractivity contribution is -0.384. The number of ether oxygens (including phenoxy) is 1. The molecule has 1 fully saturated rings. The molecule has 0 aromatic heterocycles. The highest BCUT2D eigenvalue weighted by atomic mass is 16.6. The summed E-state index contributed by atoms with van der Waals surface area (Å²) in [6, 6.07) is 3.63. The van der Waals surface area contributed by atoms with E-state index in [-0.39, 0.29) is 37.6 Å². The average Bonchev–Trinajstić information content (AvgIpc) is 3.28. The number of rotatable bonds is 15. The second-order valence-electron chi connectivity index (χ2n) is 9.31. The van der Waals surface area contributed by atoms with Crippen LogP contribution in [0.5, 0.6) is 5.75 Å². The summed E-state index contributed by atoms with van der Waals surface area (Å²) >= 11 is 0. The van der Waals surface area contributed by atoms with E-state index in [1.165, 1.54) is 24.3 Å². The maximum Gasteiger partial charge on any atom is 0.333 e. The number of urea groups is 1. The Morgan fingerprint density at radius 1 is 0.846 bits per heavy atom. The molecule has 212 valence electrons. The fourth-order valence-corrected chi connectivity index (χ4v) is 4.52. The van der Waals surface area contributed by atoms with Gasteiger partial charge in [0.15, 0.2) is 5.75 Å². The molecule has 0 aliphatic carbocycles. The number of nitro groups is 1. The zero-order valence-electron chi connectivity index (χ0n) is 22.2. The Kier molecular flexibility index (Phi) is 11.0. The third-order valence-corrected chi connectivity index (χ3v) is 6.63. The molecule has 39 heavy (non-hydrogen) atoms. The smallest absolute Gasteiger partial charge is 0.333 e. The molecule has 1 aromatic carbocycles. The summed E-state index contributed by atoms with van der Waals surface area (Å²) < 4.78 is 5.82. The number of hydrogen-bond acceptors (Lipinski definition) is 9. The van der Waals surface area contributed by atoms with Crippen LogP contribution in [0.1, 0.15) is 58.3 Å². The number of allylic oxidation sites excluding steroid dienone is 2. The number of carbonyl (C=O) groups is 3. The Morgan fingerprint density at radius 2 is 1.41 bits per heavy atom. The summed E-state index contributed by atoms with van der Waals surface area (Å²) in [6.07, 6.45) is 8.14. The van der Waals surface area contributed by atoms with Crippen molar-refractivity contribution in [2.75, 3.05) is 37.7 Å². The topological polar surface area (TPSA) is 154 Å². The molecule has 4 amide bonds. The number of fused-ring (bicyclic) bond motifs is 1. The van der Waals surface area contributed by atoms with Crippen molar-refractivity contribution in [2.45, 2.75) is 58.3 Å². The lowest BCUT2D eigenvalue weighted by atomic mass is 10.1. The van der Waals surface area contributed by atoms with Gasteiger partial charge in [-0.15, -0.1) is 0 Å². The lowest BCUT2D eigenvalue weighted by Gasteiger charge is -2.34. The van der Waals surface area contributed by atoms with Gasteiger partial charge in [0.05, 0.1) is 16.7 Å². The highest BCUT2D eigenvalue weighted by Gasteiger charge is 2.41. The maximum absolute atomic E-state index is 13.3. The number of non-ortho nitro benzene ring substituents is 1. The maximum atomic E-state index is 13.3. The molecular formula is C27H36N4O8. The number of anilines is 1. The predicted octanol–water partition coefficient (Wildman–Crippen LogP) is 3.48. The Morgan fingerprint density at radius 3 is 1.92 bits per heavy atom. The van der Waals surface area contributed by atoms with E-state index in [2.05, 4.69) is 0 Å². The van der Waals surface area contributed by atoms with Crippen molar-refractivity contribution in [1.82, 2.24) is 9.80 Å². The Hall–Kier alpha value is -3.77. The van der Waals surface area contributed by atoms with Crippen LogP contribution < -0.4 is 9.64 Å². The third kappa shape index (κ3) is 7.21. The molecule has 1 aromatic rings. The third-order valence-electron chi connectivity index (χ3n) is 6.63. The summed E-state index contributed by atoms with van der Waals surface area (Å²) in [4.78, 5) is 54.3. The molecule has 0 saturated carbocycles. The summed E-state index contributed by atoms with van der Waals surface area (Å²) in [5.41, 5.74) is 0.331. The first kappa shape index (κ1) is 29.8. The standard InChI is InChI=1S/C27H36N4O8/c1-2-28-22-13-11-20(31(37)38)19-23(22)39-24(28)14-12-21-25(34)29(15-7-3-5-9-17-32)27(36)30(26(21)35)16-8-4-6-10-18-33/h11-14,19,32-33H,2-10,15-18H2,1H3/b24-14-. The quantitative estimate of drug-likeness (QED) is 0.111. The summed E-state index contributed by atoms with van der Waals surface area (Å²) in [5.74, 6) is -0.783. The molecule has 0 atom stereocenters. The highest BCUT2D eigenvalue weighted by molar-refractivity contribution is 6.28. The molecule has 2 aliphatic heterocycles. The largest absolute Gasteiger partial charge is 0.438 e. The van der Waals surface area contributed by atoms with Gasteiger partial charge in [-0.3, -0.25) is 29.5 Å². The van der Waals surface area contributed by atoms with E-state index in [9.17, 15) is 24.5 Å². The van der Waals surface area contributed by atoms with Crippen molar-refractivity contribution >= 4 is 29.2 Å². The fraction of sp³-hybridized carbons (Fsp3) is 0.519. The number of imide groups is 2. The second kappa shape index (κ2) is 14.4. The predicted molar refractivity (Wildman–Crippen MR) is 143 cm³/mol. The highest BCUT2D eigenvalue weighted by Crippen LogP contribution is 2.41. The van der Waals surface area contributed by atoms with Crippen molar-refractivity contribution in [3.05, 3.63) is 51.9 Å². The Bertz CT molecular complexity index is 1090. The van der Waals surface area contributed by atoms with E-state index >= 15 is 0 Å². The molecular weight excluding hydrogens is 508 g/mol. The number of unbranched alkanes of at least 4 members (excludes halogenated alkanes) is 6. The van der Waals surface area contributed by atoms with Crippen molar-refractivity contribution in [2.24, 2.45) is 0 Å². The Balaban J connectivity index is 1.84. The second-order valence-corrected chi connectivity index (χ2v) is 9.31. The van der Waals surface area contributed by atoms with Crippen molar-refractivity contribution in [1.29, 1.82) is 0 Å². The van der Waals surface area contributed by atoms with Crippen LogP contribution >= 0.6 is 0 Å². The van der Waals surface area contributed by atoms with E-state index in [0.29, 0.717) is 49.5 Å². The number of hydrogen-bond donors (Lipinski definition) is 2. The monoisotopic (exact) mass is 544 g/mol. The van der Waals surface area contributed by atoms with Crippen LogP contribution in [0.25, 0.3) is 0 Å². The molecule has 12 nitrogen and oxygen atoms in total. The number of nitrogens with zero attached hydrogens (tertiary/aromatic N) is 4. The molecule has 0 radical (unpaired) electrons. The van der Waals surface area contributed by atoms with Crippen molar-refractivity contribution in [3.8, 4) is 5.75 Å². The fourth-order valence-electron chi connectivity index (χ4n) is 4.52. The minimum absolute atomic E-state index is 0.0791. The van der Waals surface area contributed by atoms with Crippen LogP contribution in [-0.2, 0) is 9.59 Å². The lowest BCUT2D eigenvalue weighted by Crippen LogP contribution is -2.56. The zero-order chi connectivity index (χ0) is 28.4. The molecule has 3 rings (SSSR count). The molecule has 0 spiro atoms. The van der Waals surface area contributed by atoms with Crippen LogP contribution in [-0.4, -0.2) is 75.6 Å². The summed E-state index contributed by atoms with van der Waals surface area (Å²) in [5, 5.41) is 29.1. The van der Waals surface area contributed by atoms with E-state index in [0.717, 1.165) is 35.5 Å². The number of barbiturate groups is 1. The van der Waals surface area contributed by atoms with Crippen molar-refractivity contribution < 1.29 is 34.3 Å². The van der Waals surface area contributed by atoms with Gasteiger partial charge >= 0.3 is 6.03 Å². The van der Waals surface area contributed by atoms with Gasteiger partial charge in [-0.1, -0.05) is 25.7 Å². The van der Waals surface area contributed by atoms with Crippen LogP contribution in [0.2, 0.25) is 0 Å². The SMILES string of the molecule is CCN1/C(=C/C=C2C(=O)N(CCCCCCO)C(=O)N(CCCCCCO)C2=O)Oc2cc([N+](=O)[O-])ccc21. The van der Waals surface area contributed by atoms with Gasteiger partial charge in [0.25, 0.3) is 17.5 Å². The number of carbonyl (C=O) groups excluding carboxylic acids is 3. The molecule has 1 saturated heterocycles. The van der Waals surface area contributed by atoms with Gasteiger partial charge in [-0.05, 0) is 50.8 Å². The zero-order valence-corrected chi connectivity index (χ0v) is 22.2. The molecule has 0 unspecified atom stereocenters. The Labute approximate surface area is 227 Å². The summed E-state index contributed by atoms with van der Waals surface area (Å²) in [7, 11) is 0. The van der Waals surface area contributed by atoms with Crippen LogP contribution in [0, 0.1) is 10.1 Å². The van der Waals surface area contributed by atoms with Crippen LogP contribution in [0.4, 0.5) is 16.2 Å². The van der Waals surface area contributed by atoms with Gasteiger partial charge in [0.2, 0.25) is 5.88 Å². The first-order valence-corrected chi connectivity index (χ1v) is 13.4. The van der Waals surface area contributed by atoms with E-state index in [1.54, 1.807) is 11.0 Å². The molecule has 2 aliphatic rings. The average molecular weight is 545 g/mol. The molecule has 0 bridgehead atoms. The van der Waals surface area contributed by atoms with Gasteiger partial charge in [-0.2, -0.15) is 0 Å². The molecule has 2 N–H and O–H groups in total. The minimum Gasteiger partial charge on any atom is -0.438 e. The van der Waals surface area contributed by atoms with Gasteiger partial charge in [0.1, 0.15) is 5.57 Å². The van der Waals surface area contributed by atoms with Gasteiger partial charge < -0.3 is 19.8 Å². The van der Waals surface area contributed by atoms with Crippen molar-refractivity contribution in [3.63, 3.8) is 0 Å². The number of amides is 4. The minimum atomic E-state index is -0.685. The van der Waals surface area contributed by atoms with E-state index in [4.69, 9.17) is 14.9 Å². The first-order valence-electron chi connectivity index (χ1n) is 13.4. The van der Waals surface area contributed by atoms with Gasteiger partial charge in [0, 0.05) is 38.9 Å². The van der Waals surface area contributed by atoms with E-state index in [1.807, 2.05) is 6.92 Å². The number of aliphatic hydroxyl groups is 2. The first-order chi connectivity index (χ1) is 18.8. The molecule has 2 heterocycles. The number of aliphatic hydroxyl groups excluding tert-OH is 2. The number of nitro benzene ring substituents is 1. The molecule has 12 heteroatoms. The number of benzene rings is 1. The van der Waals surface area contributed by atoms with Crippen LogP contribution in [0.15, 0.2) is 41.8 Å². The summed E-state index contributed by atoms with van der Waals surface area (Å²) in [6.45, 7) is 2.80. The van der Waals surface area contributed by atoms with Crippen LogP contribution in [0.3, 0.4) is 0 Å². The van der Waals surface area contributed by atoms with E-state index < -0.39 is 22.8 Å². The normalized spacial score (nSPS) is 16.3.